The molecule has 36 heavy (non-hydrogen) atoms. The molecule has 3 rings (SSSR count). The molecule has 194 valence electrons. The lowest BCUT2D eigenvalue weighted by atomic mass is 9.84. The fourth-order valence-electron chi connectivity index (χ4n) is 2.98. The van der Waals surface area contributed by atoms with E-state index in [1.807, 2.05) is 0 Å². The molecular formula is C18H22N8O8S2. The molecule has 18 heteroatoms. The second-order valence-electron chi connectivity index (χ2n) is 7.68. The third-order valence-electron chi connectivity index (χ3n) is 4.71. The molecule has 0 bridgehead atoms. The maximum absolute atomic E-state index is 12.9. The zero-order chi connectivity index (χ0) is 26.7. The van der Waals surface area contributed by atoms with Crippen molar-refractivity contribution in [2.75, 3.05) is 18.9 Å². The van der Waals surface area contributed by atoms with Gasteiger partial charge in [-0.2, -0.15) is 13.5 Å². The van der Waals surface area contributed by atoms with Crippen molar-refractivity contribution in [1.29, 1.82) is 5.41 Å². The first-order valence-corrected chi connectivity index (χ1v) is 12.2. The Morgan fingerprint density at radius 1 is 1.39 bits per heavy atom. The second kappa shape index (κ2) is 10.4. The van der Waals surface area contributed by atoms with Crippen LogP contribution >= 0.6 is 11.3 Å². The number of nitrogens with two attached hydrogens (primary N) is 2. The number of carbonyl (C=O) groups is 2. The summed E-state index contributed by atoms with van der Waals surface area (Å²) in [7, 11) is -4.95. The van der Waals surface area contributed by atoms with Crippen LogP contribution in [0.5, 0.6) is 5.75 Å². The van der Waals surface area contributed by atoms with Gasteiger partial charge in [0.05, 0.1) is 5.54 Å². The Morgan fingerprint density at radius 2 is 2.11 bits per heavy atom. The van der Waals surface area contributed by atoms with E-state index < -0.39 is 33.8 Å². The van der Waals surface area contributed by atoms with Crippen molar-refractivity contribution in [3.63, 3.8) is 0 Å². The maximum Gasteiger partial charge on any atom is 0.418 e. The average Bonchev–Trinajstić information content (AvgIpc) is 3.23. The summed E-state index contributed by atoms with van der Waals surface area (Å²) < 4.78 is 40.5. The predicted octanol–water partition coefficient (Wildman–Crippen LogP) is -0.956. The number of ether oxygens (including phenoxy) is 1. The van der Waals surface area contributed by atoms with Gasteiger partial charge in [-0.3, -0.25) is 24.5 Å². The number of oxime groups is 1. The second-order valence-corrected chi connectivity index (χ2v) is 9.57. The number of nitrogen functional groups attached to an aromatic ring is 2. The average molecular weight is 543 g/mol. The van der Waals surface area contributed by atoms with E-state index in [1.165, 1.54) is 31.5 Å². The highest BCUT2D eigenvalue weighted by molar-refractivity contribution is 7.80. The minimum Gasteiger partial charge on any atom is -0.490 e. The lowest BCUT2D eigenvalue weighted by Crippen LogP contribution is -2.76. The third kappa shape index (κ3) is 6.22. The summed E-state index contributed by atoms with van der Waals surface area (Å²) in [4.78, 5) is 38.3. The van der Waals surface area contributed by atoms with Gasteiger partial charge >= 0.3 is 10.4 Å². The minimum atomic E-state index is -4.95. The lowest BCUT2D eigenvalue weighted by molar-refractivity contribution is -0.218. The lowest BCUT2D eigenvalue weighted by Gasteiger charge is -2.50. The van der Waals surface area contributed by atoms with Crippen molar-refractivity contribution in [2.45, 2.75) is 25.4 Å². The number of pyridine rings is 1. The Morgan fingerprint density at radius 3 is 2.69 bits per heavy atom. The number of amides is 2. The van der Waals surface area contributed by atoms with Crippen LogP contribution in [-0.4, -0.2) is 76.2 Å². The number of carbonyl (C=O) groups excluding carboxylic acids is 2. The van der Waals surface area contributed by atoms with Crippen LogP contribution in [0.1, 0.15) is 25.2 Å². The minimum absolute atomic E-state index is 0.00896. The first kappa shape index (κ1) is 26.7. The maximum atomic E-state index is 12.9. The fourth-order valence-corrected chi connectivity index (χ4v) is 3.98. The summed E-state index contributed by atoms with van der Waals surface area (Å²) in [5, 5.41) is 15.7. The van der Waals surface area contributed by atoms with Gasteiger partial charge < -0.3 is 26.4 Å². The Bertz CT molecular complexity index is 1310. The first-order chi connectivity index (χ1) is 16.8. The van der Waals surface area contributed by atoms with Gasteiger partial charge in [-0.05, 0) is 19.9 Å². The normalized spacial score (nSPS) is 17.3. The van der Waals surface area contributed by atoms with Crippen LogP contribution in [0.25, 0.3) is 0 Å². The summed E-state index contributed by atoms with van der Waals surface area (Å²) in [6, 6.07) is 1.81. The van der Waals surface area contributed by atoms with Crippen molar-refractivity contribution < 1.29 is 36.4 Å². The van der Waals surface area contributed by atoms with Crippen LogP contribution in [0.3, 0.4) is 0 Å². The van der Waals surface area contributed by atoms with Crippen LogP contribution in [0, 0.1) is 5.41 Å². The van der Waals surface area contributed by atoms with Crippen LogP contribution in [-0.2, 0) is 29.1 Å². The van der Waals surface area contributed by atoms with Crippen LogP contribution in [0.15, 0.2) is 28.9 Å². The van der Waals surface area contributed by atoms with E-state index in [0.29, 0.717) is 10.8 Å². The first-order valence-electron chi connectivity index (χ1n) is 9.96. The molecule has 0 unspecified atom stereocenters. The summed E-state index contributed by atoms with van der Waals surface area (Å²) >= 11 is 1.04. The molecule has 2 amide bonds. The number of thiazole rings is 1. The zero-order valence-corrected chi connectivity index (χ0v) is 20.5. The van der Waals surface area contributed by atoms with Gasteiger partial charge in [-0.1, -0.05) is 5.16 Å². The van der Waals surface area contributed by atoms with E-state index in [2.05, 4.69) is 24.7 Å². The van der Waals surface area contributed by atoms with Crippen LogP contribution in [0.4, 0.5) is 5.13 Å². The molecule has 1 aliphatic heterocycles. The molecule has 2 aromatic heterocycles. The topological polar surface area (TPSA) is 245 Å². The molecule has 1 fully saturated rings. The summed E-state index contributed by atoms with van der Waals surface area (Å²) in [6.45, 7) is 2.73. The number of hydrogen-bond acceptors (Lipinski definition) is 13. The highest BCUT2D eigenvalue weighted by atomic mass is 32.3. The molecule has 1 saturated heterocycles. The fraction of sp³-hybridized carbons (Fsp3) is 0.333. The molecule has 0 aliphatic carbocycles. The van der Waals surface area contributed by atoms with Gasteiger partial charge in [0.25, 0.3) is 11.8 Å². The van der Waals surface area contributed by atoms with E-state index in [4.69, 9.17) is 31.0 Å². The number of amidine groups is 1. The molecule has 2 aromatic rings. The number of hydrogen-bond donors (Lipinski definition) is 5. The van der Waals surface area contributed by atoms with Crippen molar-refractivity contribution in [3.8, 4) is 5.75 Å². The molecule has 0 saturated carbocycles. The van der Waals surface area contributed by atoms with Crippen LogP contribution in [0.2, 0.25) is 0 Å². The number of nitrogens with zero attached hydrogens (tertiary/aromatic N) is 4. The molecule has 1 atom stereocenters. The van der Waals surface area contributed by atoms with Crippen molar-refractivity contribution in [2.24, 2.45) is 10.9 Å². The van der Waals surface area contributed by atoms with Gasteiger partial charge in [0, 0.05) is 17.6 Å². The SMILES string of the molecule is CC1(C)[C@H](NC(=O)/C(=N\OCCOc2ccnc(C(=N)N)c2)c2csc(N)n2)C(=O)N1OS(=O)(=O)O. The standard InChI is InChI=1S/C18H22N8O8S2/c1-18(2)13(16(28)26(18)34-36(29,30)31)24-15(27)12(11-8-35-17(21)23-11)25-33-6-5-32-9-3-4-22-10(7-9)14(19)20/h3-4,7-8,13H,5-6H2,1-2H3,(H3,19,20)(H2,21,23)(H,24,27)(H,29,30,31)/b25-12-/t13-/m1/s1. The quantitative estimate of drug-likeness (QED) is 0.0575. The number of hydroxylamine groups is 2. The Kier molecular flexibility index (Phi) is 7.72. The third-order valence-corrected chi connectivity index (χ3v) is 5.72. The van der Waals surface area contributed by atoms with E-state index in [-0.39, 0.29) is 41.3 Å². The van der Waals surface area contributed by atoms with E-state index in [0.717, 1.165) is 11.3 Å². The van der Waals surface area contributed by atoms with E-state index in [9.17, 15) is 18.0 Å². The molecule has 16 nitrogen and oxygen atoms in total. The predicted molar refractivity (Wildman–Crippen MR) is 125 cm³/mol. The van der Waals surface area contributed by atoms with Gasteiger partial charge in [-0.25, -0.2) is 4.98 Å². The Balaban J connectivity index is 1.65. The van der Waals surface area contributed by atoms with Crippen LogP contribution < -0.4 is 21.5 Å². The molecule has 7 N–H and O–H groups in total. The van der Waals surface area contributed by atoms with Crippen molar-refractivity contribution in [1.82, 2.24) is 20.3 Å². The highest BCUT2D eigenvalue weighted by Crippen LogP contribution is 2.32. The van der Waals surface area contributed by atoms with Crippen molar-refractivity contribution >= 4 is 50.2 Å². The number of nitrogens with one attached hydrogen (secondary N) is 2. The molecule has 1 aliphatic rings. The number of β-lactam (4-membered cyclic amide) rings is 1. The van der Waals surface area contributed by atoms with E-state index >= 15 is 0 Å². The van der Waals surface area contributed by atoms with Gasteiger partial charge in [0.15, 0.2) is 17.5 Å². The van der Waals surface area contributed by atoms with Crippen molar-refractivity contribution in [3.05, 3.63) is 35.1 Å². The number of rotatable bonds is 11. The smallest absolute Gasteiger partial charge is 0.418 e. The number of anilines is 1. The largest absolute Gasteiger partial charge is 0.490 e. The Labute approximate surface area is 208 Å². The monoisotopic (exact) mass is 542 g/mol. The zero-order valence-electron chi connectivity index (χ0n) is 18.9. The molecule has 3 heterocycles. The summed E-state index contributed by atoms with van der Waals surface area (Å²) in [5.74, 6) is -1.62. The molecular weight excluding hydrogens is 520 g/mol. The number of aromatic nitrogens is 2. The molecule has 0 radical (unpaired) electrons. The molecule has 0 spiro atoms. The van der Waals surface area contributed by atoms with E-state index in [1.54, 1.807) is 6.07 Å². The Hall–Kier alpha value is -3.87. The van der Waals surface area contributed by atoms with Gasteiger partial charge in [-0.15, -0.1) is 15.6 Å². The summed E-state index contributed by atoms with van der Waals surface area (Å²) in [5.41, 5.74) is 9.72. The highest BCUT2D eigenvalue weighted by Gasteiger charge is 2.58. The summed E-state index contributed by atoms with van der Waals surface area (Å²) in [6.07, 6.45) is 1.42. The van der Waals surface area contributed by atoms with Gasteiger partial charge in [0.2, 0.25) is 0 Å². The molecule has 0 aromatic carbocycles. The van der Waals surface area contributed by atoms with Gasteiger partial charge in [0.1, 0.15) is 35.6 Å².